The maximum absolute atomic E-state index is 11.1. The average Bonchev–Trinajstić information content (AvgIpc) is 3.34. The highest BCUT2D eigenvalue weighted by Crippen LogP contribution is 2.40. The van der Waals surface area contributed by atoms with Crippen LogP contribution in [0.15, 0.2) is 35.9 Å². The lowest BCUT2D eigenvalue weighted by molar-refractivity contribution is -0.119. The van der Waals surface area contributed by atoms with Crippen molar-refractivity contribution in [2.24, 2.45) is 5.92 Å². The van der Waals surface area contributed by atoms with E-state index in [1.165, 1.54) is 24.8 Å². The van der Waals surface area contributed by atoms with E-state index in [4.69, 9.17) is 0 Å². The summed E-state index contributed by atoms with van der Waals surface area (Å²) >= 11 is 0. The van der Waals surface area contributed by atoms with E-state index in [2.05, 4.69) is 54.0 Å². The molecule has 1 aromatic rings. The molecule has 0 heterocycles. The molecule has 0 aliphatic heterocycles. The molecule has 0 spiro atoms. The normalized spacial score (nSPS) is 30.0. The van der Waals surface area contributed by atoms with Crippen LogP contribution in [0.25, 0.3) is 6.08 Å². The Morgan fingerprint density at radius 2 is 1.79 bits per heavy atom. The van der Waals surface area contributed by atoms with Gasteiger partial charge in [0.1, 0.15) is 0 Å². The second-order valence-corrected chi connectivity index (χ2v) is 7.35. The Morgan fingerprint density at radius 3 is 2.42 bits per heavy atom. The zero-order chi connectivity index (χ0) is 16.9. The lowest BCUT2D eigenvalue weighted by Gasteiger charge is -2.29. The van der Waals surface area contributed by atoms with E-state index in [0.29, 0.717) is 24.0 Å². The number of amides is 1. The molecule has 2 N–H and O–H groups in total. The molecule has 0 aromatic heterocycles. The van der Waals surface area contributed by atoms with Crippen molar-refractivity contribution in [3.8, 4) is 0 Å². The minimum atomic E-state index is 0.104. The fraction of sp³-hybridized carbons (Fsp3) is 0.571. The molecule has 3 rings (SSSR count). The zero-order valence-electron chi connectivity index (χ0n) is 14.9. The Hall–Kier alpha value is -1.61. The van der Waals surface area contributed by atoms with Gasteiger partial charge in [-0.3, -0.25) is 4.79 Å². The van der Waals surface area contributed by atoms with E-state index in [1.54, 1.807) is 12.5 Å². The number of rotatable bonds is 6. The Labute approximate surface area is 145 Å². The summed E-state index contributed by atoms with van der Waals surface area (Å²) < 4.78 is 0. The Kier molecular flexibility index (Phi) is 5.72. The van der Waals surface area contributed by atoms with Crippen LogP contribution in [0.5, 0.6) is 0 Å². The first-order valence-electron chi connectivity index (χ1n) is 9.44. The van der Waals surface area contributed by atoms with Gasteiger partial charge in [-0.05, 0) is 50.0 Å². The van der Waals surface area contributed by atoms with Crippen LogP contribution in [-0.2, 0) is 4.79 Å². The molecule has 130 valence electrons. The zero-order valence-corrected chi connectivity index (χ0v) is 14.9. The molecule has 0 saturated heterocycles. The third-order valence-corrected chi connectivity index (χ3v) is 5.41. The van der Waals surface area contributed by atoms with E-state index >= 15 is 0 Å². The Bertz CT molecular complexity index is 573. The molecule has 1 aromatic carbocycles. The first kappa shape index (κ1) is 17.2. The maximum atomic E-state index is 11.1. The smallest absolute Gasteiger partial charge is 0.217 e. The van der Waals surface area contributed by atoms with Crippen LogP contribution in [-0.4, -0.2) is 24.0 Å². The van der Waals surface area contributed by atoms with Crippen LogP contribution in [0, 0.1) is 5.92 Å². The van der Waals surface area contributed by atoms with Crippen molar-refractivity contribution in [1.82, 2.24) is 10.6 Å². The molecule has 2 atom stereocenters. The van der Waals surface area contributed by atoms with Crippen molar-refractivity contribution in [2.75, 3.05) is 0 Å². The van der Waals surface area contributed by atoms with Crippen molar-refractivity contribution in [3.05, 3.63) is 41.5 Å². The molecular formula is C21H30N2O. The molecule has 0 bridgehead atoms. The highest BCUT2D eigenvalue weighted by molar-refractivity contribution is 5.73. The SMILES string of the molecule is CCC(=Cc1ccccc1)C1CC1NC1CCC(NC(C)=O)CC1. The van der Waals surface area contributed by atoms with Gasteiger partial charge in [-0.25, -0.2) is 0 Å². The molecule has 2 fully saturated rings. The third kappa shape index (κ3) is 4.70. The summed E-state index contributed by atoms with van der Waals surface area (Å²) in [6.45, 7) is 3.88. The number of nitrogens with one attached hydrogen (secondary N) is 2. The molecule has 24 heavy (non-hydrogen) atoms. The maximum Gasteiger partial charge on any atom is 0.217 e. The fourth-order valence-corrected chi connectivity index (χ4v) is 4.02. The summed E-state index contributed by atoms with van der Waals surface area (Å²) in [6.07, 6.45) is 9.35. The summed E-state index contributed by atoms with van der Waals surface area (Å²) in [5.74, 6) is 0.815. The summed E-state index contributed by atoms with van der Waals surface area (Å²) in [6, 6.07) is 12.3. The minimum absolute atomic E-state index is 0.104. The topological polar surface area (TPSA) is 41.1 Å². The van der Waals surface area contributed by atoms with Crippen molar-refractivity contribution in [1.29, 1.82) is 0 Å². The minimum Gasteiger partial charge on any atom is -0.354 e. The summed E-state index contributed by atoms with van der Waals surface area (Å²) in [7, 11) is 0. The molecule has 3 heteroatoms. The molecule has 2 saturated carbocycles. The highest BCUT2D eigenvalue weighted by atomic mass is 16.1. The van der Waals surface area contributed by atoms with Gasteiger partial charge < -0.3 is 10.6 Å². The van der Waals surface area contributed by atoms with Crippen molar-refractivity contribution < 1.29 is 4.79 Å². The van der Waals surface area contributed by atoms with Crippen LogP contribution < -0.4 is 10.6 Å². The van der Waals surface area contributed by atoms with E-state index in [9.17, 15) is 4.79 Å². The quantitative estimate of drug-likeness (QED) is 0.832. The summed E-state index contributed by atoms with van der Waals surface area (Å²) in [4.78, 5) is 11.1. The first-order chi connectivity index (χ1) is 11.7. The van der Waals surface area contributed by atoms with E-state index in [1.807, 2.05) is 0 Å². The molecule has 2 unspecified atom stereocenters. The van der Waals surface area contributed by atoms with Crippen molar-refractivity contribution in [2.45, 2.75) is 70.5 Å². The third-order valence-electron chi connectivity index (χ3n) is 5.41. The summed E-state index contributed by atoms with van der Waals surface area (Å²) in [5, 5.41) is 6.92. The highest BCUT2D eigenvalue weighted by Gasteiger charge is 2.40. The monoisotopic (exact) mass is 326 g/mol. The Morgan fingerprint density at radius 1 is 1.12 bits per heavy atom. The largest absolute Gasteiger partial charge is 0.354 e. The van der Waals surface area contributed by atoms with Crippen LogP contribution in [0.2, 0.25) is 0 Å². The van der Waals surface area contributed by atoms with E-state index in [-0.39, 0.29) is 5.91 Å². The number of hydrogen-bond donors (Lipinski definition) is 2. The van der Waals surface area contributed by atoms with Gasteiger partial charge in [0.25, 0.3) is 0 Å². The van der Waals surface area contributed by atoms with Crippen LogP contribution in [0.1, 0.15) is 57.9 Å². The van der Waals surface area contributed by atoms with E-state index in [0.717, 1.165) is 19.3 Å². The number of carbonyl (C=O) groups excluding carboxylic acids is 1. The predicted octanol–water partition coefficient (Wildman–Crippen LogP) is 3.91. The van der Waals surface area contributed by atoms with Crippen LogP contribution in [0.3, 0.4) is 0 Å². The molecule has 1 amide bonds. The van der Waals surface area contributed by atoms with E-state index < -0.39 is 0 Å². The van der Waals surface area contributed by atoms with Gasteiger partial charge in [0.15, 0.2) is 0 Å². The van der Waals surface area contributed by atoms with Gasteiger partial charge in [-0.2, -0.15) is 0 Å². The second-order valence-electron chi connectivity index (χ2n) is 7.35. The van der Waals surface area contributed by atoms with Gasteiger partial charge in [-0.15, -0.1) is 0 Å². The fourth-order valence-electron chi connectivity index (χ4n) is 4.02. The van der Waals surface area contributed by atoms with Gasteiger partial charge in [0.2, 0.25) is 5.91 Å². The predicted molar refractivity (Wildman–Crippen MR) is 99.6 cm³/mol. The van der Waals surface area contributed by atoms with Gasteiger partial charge in [0, 0.05) is 25.0 Å². The average molecular weight is 326 g/mol. The van der Waals surface area contributed by atoms with Crippen LogP contribution in [0.4, 0.5) is 0 Å². The second kappa shape index (κ2) is 7.98. The lowest BCUT2D eigenvalue weighted by Crippen LogP contribution is -2.42. The lowest BCUT2D eigenvalue weighted by atomic mass is 9.91. The first-order valence-corrected chi connectivity index (χ1v) is 9.44. The number of hydrogen-bond acceptors (Lipinski definition) is 2. The number of benzene rings is 1. The molecule has 3 nitrogen and oxygen atoms in total. The molecule has 2 aliphatic rings. The summed E-state index contributed by atoms with van der Waals surface area (Å²) in [5.41, 5.74) is 2.89. The molecule has 2 aliphatic carbocycles. The Balaban J connectivity index is 1.47. The van der Waals surface area contributed by atoms with Gasteiger partial charge in [0.05, 0.1) is 0 Å². The van der Waals surface area contributed by atoms with Gasteiger partial charge in [-0.1, -0.05) is 48.9 Å². The van der Waals surface area contributed by atoms with Crippen molar-refractivity contribution in [3.63, 3.8) is 0 Å². The van der Waals surface area contributed by atoms with Crippen LogP contribution >= 0.6 is 0 Å². The standard InChI is InChI=1S/C21H30N2O/c1-3-17(13-16-7-5-4-6-8-16)20-14-21(20)23-19-11-9-18(10-12-19)22-15(2)24/h4-8,13,18-21,23H,3,9-12,14H2,1-2H3,(H,22,24). The van der Waals surface area contributed by atoms with Crippen molar-refractivity contribution >= 4 is 12.0 Å². The molecule has 0 radical (unpaired) electrons. The number of carbonyl (C=O) groups is 1. The van der Waals surface area contributed by atoms with Gasteiger partial charge >= 0.3 is 0 Å². The molecular weight excluding hydrogens is 296 g/mol.